The Labute approximate surface area is 174 Å². The number of hydrogen-bond acceptors (Lipinski definition) is 2. The summed E-state index contributed by atoms with van der Waals surface area (Å²) in [6.07, 6.45) is 19.2. The van der Waals surface area contributed by atoms with Crippen LogP contribution in [0.5, 0.6) is 0 Å². The number of pyridine rings is 1. The molecule has 0 aliphatic carbocycles. The van der Waals surface area contributed by atoms with Crippen molar-refractivity contribution < 1.29 is 0 Å². The van der Waals surface area contributed by atoms with Gasteiger partial charge in [-0.15, -0.1) is 0 Å². The molecule has 28 heavy (non-hydrogen) atoms. The van der Waals surface area contributed by atoms with Gasteiger partial charge in [0.15, 0.2) is 0 Å². The molecule has 0 fully saturated rings. The molecule has 3 heteroatoms. The van der Waals surface area contributed by atoms with E-state index in [4.69, 9.17) is 16.6 Å². The molecule has 1 rings (SSSR count). The minimum absolute atomic E-state index is 0.596. The zero-order chi connectivity index (χ0) is 20.9. The van der Waals surface area contributed by atoms with Crippen molar-refractivity contribution in [1.82, 2.24) is 10.3 Å². The van der Waals surface area contributed by atoms with E-state index >= 15 is 0 Å². The molecule has 1 aromatic heterocycles. The average Bonchev–Trinajstić information content (AvgIpc) is 2.71. The maximum absolute atomic E-state index is 6.44. The fraction of sp³-hybridized carbons (Fsp3) is 0.160. The molecule has 0 aliphatic heterocycles. The molecular formula is C25H29ClN2. The summed E-state index contributed by atoms with van der Waals surface area (Å²) in [5.41, 5.74) is 5.39. The molecular weight excluding hydrogens is 364 g/mol. The van der Waals surface area contributed by atoms with E-state index in [2.05, 4.69) is 18.5 Å². The second kappa shape index (κ2) is 12.5. The Balaban J connectivity index is 3.61. The topological polar surface area (TPSA) is 24.9 Å². The summed E-state index contributed by atoms with van der Waals surface area (Å²) in [5, 5.41) is 3.58. The van der Waals surface area contributed by atoms with Gasteiger partial charge in [-0.1, -0.05) is 67.3 Å². The van der Waals surface area contributed by atoms with Crippen molar-refractivity contribution in [2.45, 2.75) is 20.8 Å². The molecule has 0 aliphatic rings. The van der Waals surface area contributed by atoms with Crippen molar-refractivity contribution in [2.24, 2.45) is 0 Å². The molecule has 0 bridgehead atoms. The van der Waals surface area contributed by atoms with Crippen LogP contribution in [0.15, 0.2) is 91.2 Å². The molecule has 0 radical (unpaired) electrons. The normalized spacial score (nSPS) is 13.7. The zero-order valence-corrected chi connectivity index (χ0v) is 17.9. The molecule has 0 spiro atoms. The van der Waals surface area contributed by atoms with Crippen LogP contribution in [0.25, 0.3) is 16.7 Å². The lowest BCUT2D eigenvalue weighted by molar-refractivity contribution is 1.10. The molecule has 0 saturated carbocycles. The number of nitrogens with zero attached hydrogens (tertiary/aromatic N) is 1. The van der Waals surface area contributed by atoms with Crippen molar-refractivity contribution >= 4 is 28.3 Å². The fourth-order valence-electron chi connectivity index (χ4n) is 2.38. The van der Waals surface area contributed by atoms with E-state index in [0.717, 1.165) is 33.7 Å². The van der Waals surface area contributed by atoms with Gasteiger partial charge >= 0.3 is 0 Å². The first-order chi connectivity index (χ1) is 13.5. The third-order valence-corrected chi connectivity index (χ3v) is 4.20. The van der Waals surface area contributed by atoms with Gasteiger partial charge < -0.3 is 5.32 Å². The van der Waals surface area contributed by atoms with Crippen LogP contribution >= 0.6 is 11.6 Å². The molecule has 1 heterocycles. The number of hydrogen-bond donors (Lipinski definition) is 1. The molecule has 0 unspecified atom stereocenters. The number of allylic oxidation sites excluding steroid dienone is 13. The third-order valence-electron chi connectivity index (χ3n) is 3.85. The Bertz CT molecular complexity index is 878. The fourth-order valence-corrected chi connectivity index (χ4v) is 2.56. The minimum Gasteiger partial charge on any atom is -0.394 e. The summed E-state index contributed by atoms with van der Waals surface area (Å²) in [6, 6.07) is 4.02. The zero-order valence-electron chi connectivity index (χ0n) is 17.2. The van der Waals surface area contributed by atoms with E-state index in [9.17, 15) is 0 Å². The maximum atomic E-state index is 6.44. The smallest absolute Gasteiger partial charge is 0.0715 e. The molecule has 0 saturated heterocycles. The van der Waals surface area contributed by atoms with Gasteiger partial charge in [-0.05, 0) is 73.5 Å². The first-order valence-corrected chi connectivity index (χ1v) is 9.53. The quantitative estimate of drug-likeness (QED) is 0.454. The van der Waals surface area contributed by atoms with E-state index in [1.165, 1.54) is 0 Å². The minimum atomic E-state index is 0.596. The molecule has 0 aromatic carbocycles. The monoisotopic (exact) mass is 392 g/mol. The predicted molar refractivity (Wildman–Crippen MR) is 127 cm³/mol. The Kier molecular flexibility index (Phi) is 10.4. The highest BCUT2D eigenvalue weighted by Gasteiger charge is 2.11. The van der Waals surface area contributed by atoms with Gasteiger partial charge in [-0.3, -0.25) is 0 Å². The van der Waals surface area contributed by atoms with Gasteiger partial charge in [0.05, 0.1) is 11.4 Å². The number of halogens is 1. The Morgan fingerprint density at radius 3 is 2.39 bits per heavy atom. The van der Waals surface area contributed by atoms with Gasteiger partial charge in [0, 0.05) is 12.1 Å². The molecule has 1 aromatic rings. The van der Waals surface area contributed by atoms with E-state index in [0.29, 0.717) is 5.03 Å². The van der Waals surface area contributed by atoms with Gasteiger partial charge in [-0.25, -0.2) is 4.98 Å². The van der Waals surface area contributed by atoms with Crippen LogP contribution in [-0.2, 0) is 0 Å². The van der Waals surface area contributed by atoms with Crippen molar-refractivity contribution in [2.75, 3.05) is 7.05 Å². The average molecular weight is 393 g/mol. The Morgan fingerprint density at radius 2 is 1.79 bits per heavy atom. The van der Waals surface area contributed by atoms with Crippen molar-refractivity contribution in [3.05, 3.63) is 108 Å². The lowest BCUT2D eigenvalue weighted by Gasteiger charge is -2.12. The van der Waals surface area contributed by atoms with Gasteiger partial charge in [0.1, 0.15) is 0 Å². The molecule has 2 nitrogen and oxygen atoms in total. The summed E-state index contributed by atoms with van der Waals surface area (Å²) in [4.78, 5) is 4.85. The van der Waals surface area contributed by atoms with Crippen LogP contribution in [0.3, 0.4) is 0 Å². The van der Waals surface area contributed by atoms with Crippen molar-refractivity contribution in [1.29, 1.82) is 0 Å². The highest BCUT2D eigenvalue weighted by atomic mass is 35.5. The van der Waals surface area contributed by atoms with E-state index in [1.807, 2.05) is 94.8 Å². The van der Waals surface area contributed by atoms with E-state index in [1.54, 1.807) is 6.08 Å². The van der Waals surface area contributed by atoms with Gasteiger partial charge in [0.25, 0.3) is 0 Å². The van der Waals surface area contributed by atoms with Gasteiger partial charge in [0.2, 0.25) is 0 Å². The first-order valence-electron chi connectivity index (χ1n) is 9.15. The first kappa shape index (κ1) is 23.2. The molecule has 146 valence electrons. The Morgan fingerprint density at radius 1 is 1.07 bits per heavy atom. The largest absolute Gasteiger partial charge is 0.394 e. The molecule has 0 atom stereocenters. The lowest BCUT2D eigenvalue weighted by Crippen LogP contribution is -1.97. The summed E-state index contributed by atoms with van der Waals surface area (Å²) in [5.74, 6) is 0. The van der Waals surface area contributed by atoms with Crippen LogP contribution in [0.1, 0.15) is 37.7 Å². The van der Waals surface area contributed by atoms with Crippen LogP contribution in [0.2, 0.25) is 0 Å². The Hall–Kier alpha value is -2.84. The standard InChI is InChI=1S/C25H29ClN2/c1-7-10-15-23(26)20(5)22-17-24(19(4)14-11-16-27-6)28-25(18-22)21(12-8-2)13-9-3/h7-18,27H,2,5H2,1,3-4,6H3/b10-7-,13-9-,16-11-,19-14+,21-12+,23-15+. The van der Waals surface area contributed by atoms with Gasteiger partial charge in [-0.2, -0.15) is 0 Å². The van der Waals surface area contributed by atoms with Crippen molar-refractivity contribution in [3.63, 3.8) is 0 Å². The summed E-state index contributed by atoms with van der Waals surface area (Å²) in [7, 11) is 1.86. The van der Waals surface area contributed by atoms with Crippen LogP contribution in [0, 0.1) is 0 Å². The van der Waals surface area contributed by atoms with E-state index < -0.39 is 0 Å². The maximum Gasteiger partial charge on any atom is 0.0715 e. The summed E-state index contributed by atoms with van der Waals surface area (Å²) in [6.45, 7) is 14.0. The second-order valence-corrected chi connectivity index (χ2v) is 6.41. The second-order valence-electron chi connectivity index (χ2n) is 6.00. The number of aromatic nitrogens is 1. The van der Waals surface area contributed by atoms with E-state index in [-0.39, 0.29) is 0 Å². The SMILES string of the molecule is C=C/C=C(\C=C/C)c1cc(C(=C)/C(Cl)=C\C=C/C)cc(/C(C)=C/C=C\NC)n1. The lowest BCUT2D eigenvalue weighted by atomic mass is 10.00. The summed E-state index contributed by atoms with van der Waals surface area (Å²) < 4.78 is 0. The summed E-state index contributed by atoms with van der Waals surface area (Å²) >= 11 is 6.44. The van der Waals surface area contributed by atoms with Crippen LogP contribution < -0.4 is 5.32 Å². The molecule has 1 N–H and O–H groups in total. The third kappa shape index (κ3) is 7.05. The van der Waals surface area contributed by atoms with Crippen molar-refractivity contribution in [3.8, 4) is 0 Å². The number of rotatable bonds is 9. The predicted octanol–water partition coefficient (Wildman–Crippen LogP) is 7.08. The number of nitrogens with one attached hydrogen (secondary N) is 1. The van der Waals surface area contributed by atoms with Crippen LogP contribution in [-0.4, -0.2) is 12.0 Å². The van der Waals surface area contributed by atoms with Crippen LogP contribution in [0.4, 0.5) is 0 Å². The molecule has 0 amide bonds. The highest BCUT2D eigenvalue weighted by Crippen LogP contribution is 2.29. The highest BCUT2D eigenvalue weighted by molar-refractivity contribution is 6.37.